The Hall–Kier alpha value is -3.00. The molecule has 0 spiro atoms. The summed E-state index contributed by atoms with van der Waals surface area (Å²) in [5.74, 6) is 2.97. The van der Waals surface area contributed by atoms with E-state index < -0.39 is 0 Å². The zero-order chi connectivity index (χ0) is 20.8. The van der Waals surface area contributed by atoms with Crippen molar-refractivity contribution in [3.05, 3.63) is 65.5 Å². The van der Waals surface area contributed by atoms with Gasteiger partial charge in [0.05, 0.1) is 12.9 Å². The second-order valence-electron chi connectivity index (χ2n) is 7.10. The molecule has 3 aromatic rings. The van der Waals surface area contributed by atoms with E-state index in [-0.39, 0.29) is 11.7 Å². The standard InChI is InChI=1S/C22H24N4O3S/c1-28-19-11-16(7-10-18(19)29-13-15-5-3-2-4-6-15)12-23-20(27)14-30-22-24-21(25-26-22)17-8-9-17/h2-7,10-11,17H,8-9,12-14H2,1H3,(H,23,27)(H,24,25,26). The Labute approximate surface area is 179 Å². The molecule has 1 amide bonds. The maximum absolute atomic E-state index is 12.2. The first-order valence-electron chi connectivity index (χ1n) is 9.86. The van der Waals surface area contributed by atoms with Gasteiger partial charge in [0.25, 0.3) is 0 Å². The highest BCUT2D eigenvalue weighted by Gasteiger charge is 2.27. The van der Waals surface area contributed by atoms with Gasteiger partial charge in [-0.25, -0.2) is 4.98 Å². The van der Waals surface area contributed by atoms with E-state index in [4.69, 9.17) is 9.47 Å². The van der Waals surface area contributed by atoms with Crippen molar-refractivity contribution >= 4 is 17.7 Å². The highest BCUT2D eigenvalue weighted by molar-refractivity contribution is 7.99. The third kappa shape index (κ3) is 5.54. The summed E-state index contributed by atoms with van der Waals surface area (Å²) >= 11 is 1.33. The molecule has 1 saturated carbocycles. The number of benzene rings is 2. The van der Waals surface area contributed by atoms with Gasteiger partial charge in [0, 0.05) is 12.5 Å². The van der Waals surface area contributed by atoms with E-state index in [0.717, 1.165) is 17.0 Å². The van der Waals surface area contributed by atoms with Crippen LogP contribution < -0.4 is 14.8 Å². The Kier molecular flexibility index (Phi) is 6.53. The molecule has 4 rings (SSSR count). The number of methoxy groups -OCH3 is 1. The zero-order valence-corrected chi connectivity index (χ0v) is 17.6. The van der Waals surface area contributed by atoms with Gasteiger partial charge in [0.15, 0.2) is 11.5 Å². The molecule has 30 heavy (non-hydrogen) atoms. The van der Waals surface area contributed by atoms with Crippen molar-refractivity contribution in [2.45, 2.75) is 37.1 Å². The predicted molar refractivity (Wildman–Crippen MR) is 115 cm³/mol. The quantitative estimate of drug-likeness (QED) is 0.483. The van der Waals surface area contributed by atoms with Gasteiger partial charge in [0.1, 0.15) is 12.4 Å². The summed E-state index contributed by atoms with van der Waals surface area (Å²) in [4.78, 5) is 16.6. The van der Waals surface area contributed by atoms with Gasteiger partial charge < -0.3 is 14.8 Å². The number of carbonyl (C=O) groups excluding carboxylic acids is 1. The molecule has 7 nitrogen and oxygen atoms in total. The highest BCUT2D eigenvalue weighted by atomic mass is 32.2. The van der Waals surface area contributed by atoms with E-state index in [1.807, 2.05) is 48.5 Å². The topological polar surface area (TPSA) is 89.1 Å². The van der Waals surface area contributed by atoms with Crippen LogP contribution >= 0.6 is 11.8 Å². The summed E-state index contributed by atoms with van der Waals surface area (Å²) in [5, 5.41) is 10.6. The number of rotatable bonds is 10. The summed E-state index contributed by atoms with van der Waals surface area (Å²) in [6, 6.07) is 15.6. The van der Waals surface area contributed by atoms with E-state index in [9.17, 15) is 4.79 Å². The van der Waals surface area contributed by atoms with Crippen LogP contribution in [0.2, 0.25) is 0 Å². The second kappa shape index (κ2) is 9.67. The fraction of sp³-hybridized carbons (Fsp3) is 0.318. The van der Waals surface area contributed by atoms with Crippen molar-refractivity contribution in [3.8, 4) is 11.5 Å². The molecule has 0 atom stereocenters. The van der Waals surface area contributed by atoms with Gasteiger partial charge in [-0.2, -0.15) is 0 Å². The first kappa shape index (κ1) is 20.3. The van der Waals surface area contributed by atoms with Gasteiger partial charge in [-0.15, -0.1) is 5.10 Å². The summed E-state index contributed by atoms with van der Waals surface area (Å²) < 4.78 is 11.3. The lowest BCUT2D eigenvalue weighted by atomic mass is 10.2. The molecule has 2 aromatic carbocycles. The lowest BCUT2D eigenvalue weighted by Gasteiger charge is -2.13. The predicted octanol–water partition coefficient (Wildman–Crippen LogP) is 3.68. The molecular formula is C22H24N4O3S. The smallest absolute Gasteiger partial charge is 0.230 e. The molecule has 2 N–H and O–H groups in total. The lowest BCUT2D eigenvalue weighted by molar-refractivity contribution is -0.118. The van der Waals surface area contributed by atoms with E-state index in [1.165, 1.54) is 24.6 Å². The second-order valence-corrected chi connectivity index (χ2v) is 8.04. The minimum absolute atomic E-state index is 0.0684. The molecule has 0 unspecified atom stereocenters. The van der Waals surface area contributed by atoms with Crippen LogP contribution in [-0.4, -0.2) is 34.0 Å². The number of amides is 1. The molecule has 1 aliphatic rings. The first-order valence-corrected chi connectivity index (χ1v) is 10.9. The average Bonchev–Trinajstić information content (AvgIpc) is 3.53. The van der Waals surface area contributed by atoms with Gasteiger partial charge in [-0.1, -0.05) is 48.2 Å². The number of hydrogen-bond acceptors (Lipinski definition) is 6. The fourth-order valence-electron chi connectivity index (χ4n) is 2.92. The van der Waals surface area contributed by atoms with Gasteiger partial charge in [-0.3, -0.25) is 9.89 Å². The van der Waals surface area contributed by atoms with Gasteiger partial charge in [-0.05, 0) is 36.1 Å². The molecule has 1 heterocycles. The largest absolute Gasteiger partial charge is 0.493 e. The summed E-state index contributed by atoms with van der Waals surface area (Å²) in [5.41, 5.74) is 2.02. The highest BCUT2D eigenvalue weighted by Crippen LogP contribution is 2.38. The number of carbonyl (C=O) groups is 1. The molecule has 0 bridgehead atoms. The molecule has 0 saturated heterocycles. The van der Waals surface area contributed by atoms with Gasteiger partial charge in [0.2, 0.25) is 11.1 Å². The molecule has 8 heteroatoms. The van der Waals surface area contributed by atoms with Crippen LogP contribution in [0.4, 0.5) is 0 Å². The van der Waals surface area contributed by atoms with Crippen molar-refractivity contribution < 1.29 is 14.3 Å². The normalized spacial score (nSPS) is 13.1. The first-order chi connectivity index (χ1) is 14.7. The Morgan fingerprint density at radius 2 is 2.00 bits per heavy atom. The van der Waals surface area contributed by atoms with Crippen LogP contribution in [0.3, 0.4) is 0 Å². The number of thioether (sulfide) groups is 1. The van der Waals surface area contributed by atoms with Crippen molar-refractivity contribution in [2.75, 3.05) is 12.9 Å². The van der Waals surface area contributed by atoms with Crippen LogP contribution in [0.15, 0.2) is 53.7 Å². The number of hydrogen-bond donors (Lipinski definition) is 2. The minimum Gasteiger partial charge on any atom is -0.493 e. The fourth-order valence-corrected chi connectivity index (χ4v) is 3.56. The molecule has 1 fully saturated rings. The van der Waals surface area contributed by atoms with Crippen LogP contribution in [0.1, 0.15) is 35.7 Å². The van der Waals surface area contributed by atoms with Crippen molar-refractivity contribution in [3.63, 3.8) is 0 Å². The molecule has 1 aliphatic carbocycles. The van der Waals surface area contributed by atoms with E-state index in [1.54, 1.807) is 7.11 Å². The summed E-state index contributed by atoms with van der Waals surface area (Å²) in [6.45, 7) is 0.879. The summed E-state index contributed by atoms with van der Waals surface area (Å²) in [6.07, 6.45) is 2.33. The molecular weight excluding hydrogens is 400 g/mol. The average molecular weight is 425 g/mol. The number of nitrogens with one attached hydrogen (secondary N) is 2. The SMILES string of the molecule is COc1cc(CNC(=O)CSc2n[nH]c(C3CC3)n2)ccc1OCc1ccccc1. The number of aromatic nitrogens is 3. The Morgan fingerprint density at radius 3 is 2.77 bits per heavy atom. The number of ether oxygens (including phenoxy) is 2. The van der Waals surface area contributed by atoms with E-state index in [0.29, 0.717) is 35.7 Å². The molecule has 156 valence electrons. The maximum Gasteiger partial charge on any atom is 0.230 e. The Bertz CT molecular complexity index is 989. The van der Waals surface area contributed by atoms with E-state index >= 15 is 0 Å². The number of H-pyrrole nitrogens is 1. The lowest BCUT2D eigenvalue weighted by Crippen LogP contribution is -2.24. The van der Waals surface area contributed by atoms with Crippen LogP contribution in [0, 0.1) is 0 Å². The van der Waals surface area contributed by atoms with Crippen molar-refractivity contribution in [1.82, 2.24) is 20.5 Å². The zero-order valence-electron chi connectivity index (χ0n) is 16.8. The summed E-state index contributed by atoms with van der Waals surface area (Å²) in [7, 11) is 1.61. The number of aromatic amines is 1. The minimum atomic E-state index is -0.0684. The maximum atomic E-state index is 12.2. The monoisotopic (exact) mass is 424 g/mol. The van der Waals surface area contributed by atoms with Crippen molar-refractivity contribution in [1.29, 1.82) is 0 Å². The third-order valence-electron chi connectivity index (χ3n) is 4.73. The Morgan fingerprint density at radius 1 is 1.17 bits per heavy atom. The molecule has 0 radical (unpaired) electrons. The molecule has 0 aliphatic heterocycles. The van der Waals surface area contributed by atoms with Gasteiger partial charge >= 0.3 is 0 Å². The van der Waals surface area contributed by atoms with E-state index in [2.05, 4.69) is 20.5 Å². The van der Waals surface area contributed by atoms with Crippen LogP contribution in [-0.2, 0) is 17.9 Å². The van der Waals surface area contributed by atoms with Crippen LogP contribution in [0.5, 0.6) is 11.5 Å². The van der Waals surface area contributed by atoms with Crippen LogP contribution in [0.25, 0.3) is 0 Å². The van der Waals surface area contributed by atoms with Crippen molar-refractivity contribution in [2.24, 2.45) is 0 Å². The molecule has 1 aromatic heterocycles. The Balaban J connectivity index is 1.25. The third-order valence-corrected chi connectivity index (χ3v) is 5.58. The number of nitrogens with zero attached hydrogens (tertiary/aromatic N) is 2.